The molecule has 1 atom stereocenters. The van der Waals surface area contributed by atoms with Gasteiger partial charge in [-0.3, -0.25) is 4.90 Å². The van der Waals surface area contributed by atoms with Crippen molar-refractivity contribution in [1.82, 2.24) is 9.80 Å². The number of hydrogen-bond acceptors (Lipinski definition) is 4. The molecule has 0 radical (unpaired) electrons. The van der Waals surface area contributed by atoms with Gasteiger partial charge in [0, 0.05) is 30.8 Å². The van der Waals surface area contributed by atoms with Crippen molar-refractivity contribution < 1.29 is 9.84 Å². The van der Waals surface area contributed by atoms with Crippen molar-refractivity contribution in [3.8, 4) is 11.5 Å². The Kier molecular flexibility index (Phi) is 4.66. The summed E-state index contributed by atoms with van der Waals surface area (Å²) in [5.41, 5.74) is 0.978. The van der Waals surface area contributed by atoms with Gasteiger partial charge in [0.1, 0.15) is 11.5 Å². The van der Waals surface area contributed by atoms with E-state index in [-0.39, 0.29) is 0 Å². The first-order valence-corrected chi connectivity index (χ1v) is 6.85. The van der Waals surface area contributed by atoms with Gasteiger partial charge in [0.2, 0.25) is 0 Å². The van der Waals surface area contributed by atoms with Crippen LogP contribution in [0.3, 0.4) is 0 Å². The Hall–Kier alpha value is -1.26. The molecule has 0 spiro atoms. The quantitative estimate of drug-likeness (QED) is 0.881. The third kappa shape index (κ3) is 3.61. The average molecular weight is 264 g/mol. The van der Waals surface area contributed by atoms with Gasteiger partial charge in [-0.2, -0.15) is 0 Å². The molecule has 0 bridgehead atoms. The van der Waals surface area contributed by atoms with Gasteiger partial charge < -0.3 is 14.7 Å². The highest BCUT2D eigenvalue weighted by molar-refractivity contribution is 5.39. The van der Waals surface area contributed by atoms with Crippen LogP contribution in [-0.4, -0.2) is 55.2 Å². The molecule has 0 aromatic heterocycles. The van der Waals surface area contributed by atoms with E-state index >= 15 is 0 Å². The van der Waals surface area contributed by atoms with E-state index in [1.807, 2.05) is 12.1 Å². The lowest BCUT2D eigenvalue weighted by Gasteiger charge is -2.27. The standard InChI is InChI=1S/C15H24N2O2/c1-16(2)11-13-5-4-8-17(13)10-12-6-7-14(19-3)9-15(12)18/h6-7,9,13,18H,4-5,8,10-11H2,1-3H3. The summed E-state index contributed by atoms with van der Waals surface area (Å²) in [6, 6.07) is 6.15. The van der Waals surface area contributed by atoms with Crippen molar-refractivity contribution in [2.75, 3.05) is 34.3 Å². The van der Waals surface area contributed by atoms with Gasteiger partial charge in [-0.1, -0.05) is 6.07 Å². The lowest BCUT2D eigenvalue weighted by molar-refractivity contribution is 0.199. The van der Waals surface area contributed by atoms with Crippen LogP contribution in [0.2, 0.25) is 0 Å². The molecule has 2 rings (SSSR count). The van der Waals surface area contributed by atoms with Gasteiger partial charge >= 0.3 is 0 Å². The third-order valence-corrected chi connectivity index (χ3v) is 3.74. The maximum Gasteiger partial charge on any atom is 0.123 e. The van der Waals surface area contributed by atoms with Crippen LogP contribution in [0.5, 0.6) is 11.5 Å². The van der Waals surface area contributed by atoms with Crippen molar-refractivity contribution in [2.24, 2.45) is 0 Å². The normalized spacial score (nSPS) is 20.1. The van der Waals surface area contributed by atoms with Gasteiger partial charge in [0.15, 0.2) is 0 Å². The van der Waals surface area contributed by atoms with Gasteiger partial charge in [0.05, 0.1) is 7.11 Å². The maximum absolute atomic E-state index is 10.0. The Bertz CT molecular complexity index is 421. The van der Waals surface area contributed by atoms with Gasteiger partial charge in [-0.15, -0.1) is 0 Å². The Morgan fingerprint density at radius 1 is 1.42 bits per heavy atom. The molecule has 1 aromatic carbocycles. The maximum atomic E-state index is 10.0. The van der Waals surface area contributed by atoms with Gasteiger partial charge in [-0.25, -0.2) is 0 Å². The summed E-state index contributed by atoms with van der Waals surface area (Å²) in [5.74, 6) is 1.03. The van der Waals surface area contributed by atoms with Crippen molar-refractivity contribution in [1.29, 1.82) is 0 Å². The van der Waals surface area contributed by atoms with Gasteiger partial charge in [0.25, 0.3) is 0 Å². The van der Waals surface area contributed by atoms with Crippen LogP contribution in [0.1, 0.15) is 18.4 Å². The minimum atomic E-state index is 0.329. The lowest BCUT2D eigenvalue weighted by Crippen LogP contribution is -2.37. The summed E-state index contributed by atoms with van der Waals surface area (Å²) in [6.45, 7) is 3.01. The summed E-state index contributed by atoms with van der Waals surface area (Å²) < 4.78 is 5.11. The molecular formula is C15H24N2O2. The van der Waals surface area contributed by atoms with E-state index in [4.69, 9.17) is 4.74 Å². The van der Waals surface area contributed by atoms with Crippen LogP contribution in [0, 0.1) is 0 Å². The zero-order valence-electron chi connectivity index (χ0n) is 12.1. The Morgan fingerprint density at radius 2 is 2.21 bits per heavy atom. The molecule has 1 aliphatic heterocycles. The molecule has 106 valence electrons. The van der Waals surface area contributed by atoms with Crippen molar-refractivity contribution >= 4 is 0 Å². The second-order valence-corrected chi connectivity index (χ2v) is 5.52. The zero-order valence-corrected chi connectivity index (χ0v) is 12.1. The predicted molar refractivity (Wildman–Crippen MR) is 76.6 cm³/mol. The predicted octanol–water partition coefficient (Wildman–Crippen LogP) is 1.93. The zero-order chi connectivity index (χ0) is 13.8. The smallest absolute Gasteiger partial charge is 0.123 e. The topological polar surface area (TPSA) is 35.9 Å². The van der Waals surface area contributed by atoms with E-state index in [1.165, 1.54) is 12.8 Å². The number of likely N-dealkylation sites (N-methyl/N-ethyl adjacent to an activating group) is 1. The number of methoxy groups -OCH3 is 1. The Labute approximate surface area is 115 Å². The molecule has 1 fully saturated rings. The van der Waals surface area contributed by atoms with E-state index in [0.29, 0.717) is 17.5 Å². The number of aromatic hydroxyl groups is 1. The molecule has 0 amide bonds. The van der Waals surface area contributed by atoms with Crippen molar-refractivity contribution in [3.05, 3.63) is 23.8 Å². The van der Waals surface area contributed by atoms with Crippen molar-refractivity contribution in [3.63, 3.8) is 0 Å². The molecular weight excluding hydrogens is 240 g/mol. The second kappa shape index (κ2) is 6.26. The number of benzene rings is 1. The van der Waals surface area contributed by atoms with Crippen LogP contribution >= 0.6 is 0 Å². The Morgan fingerprint density at radius 3 is 2.84 bits per heavy atom. The summed E-state index contributed by atoms with van der Waals surface area (Å²) in [7, 11) is 5.84. The average Bonchev–Trinajstić information content (AvgIpc) is 2.78. The highest BCUT2D eigenvalue weighted by atomic mass is 16.5. The van der Waals surface area contributed by atoms with Crippen LogP contribution in [0.15, 0.2) is 18.2 Å². The van der Waals surface area contributed by atoms with Crippen LogP contribution < -0.4 is 4.74 Å². The summed E-state index contributed by atoms with van der Waals surface area (Å²) >= 11 is 0. The molecule has 1 unspecified atom stereocenters. The molecule has 4 nitrogen and oxygen atoms in total. The number of phenols is 1. The van der Waals surface area contributed by atoms with Crippen LogP contribution in [-0.2, 0) is 6.54 Å². The molecule has 1 saturated heterocycles. The minimum Gasteiger partial charge on any atom is -0.507 e. The van der Waals surface area contributed by atoms with E-state index in [1.54, 1.807) is 13.2 Å². The molecule has 1 aromatic rings. The third-order valence-electron chi connectivity index (χ3n) is 3.74. The molecule has 4 heteroatoms. The highest BCUT2D eigenvalue weighted by Crippen LogP contribution is 2.27. The Balaban J connectivity index is 2.03. The number of hydrogen-bond donors (Lipinski definition) is 1. The number of nitrogens with zero attached hydrogens (tertiary/aromatic N) is 2. The first kappa shape index (κ1) is 14.2. The largest absolute Gasteiger partial charge is 0.507 e. The number of ether oxygens (including phenoxy) is 1. The van der Waals surface area contributed by atoms with E-state index < -0.39 is 0 Å². The van der Waals surface area contributed by atoms with Crippen molar-refractivity contribution in [2.45, 2.75) is 25.4 Å². The summed E-state index contributed by atoms with van der Waals surface area (Å²) in [4.78, 5) is 4.69. The fourth-order valence-electron chi connectivity index (χ4n) is 2.75. The highest BCUT2D eigenvalue weighted by Gasteiger charge is 2.25. The molecule has 0 saturated carbocycles. The number of likely N-dealkylation sites (tertiary alicyclic amines) is 1. The second-order valence-electron chi connectivity index (χ2n) is 5.52. The number of phenolic OH excluding ortho intramolecular Hbond substituents is 1. The van der Waals surface area contributed by atoms with E-state index in [9.17, 15) is 5.11 Å². The van der Waals surface area contributed by atoms with Crippen LogP contribution in [0.25, 0.3) is 0 Å². The lowest BCUT2D eigenvalue weighted by atomic mass is 10.1. The molecule has 1 heterocycles. The fraction of sp³-hybridized carbons (Fsp3) is 0.600. The monoisotopic (exact) mass is 264 g/mol. The summed E-state index contributed by atoms with van der Waals surface area (Å²) in [6.07, 6.45) is 2.49. The molecule has 0 aliphatic carbocycles. The van der Waals surface area contributed by atoms with Crippen LogP contribution in [0.4, 0.5) is 0 Å². The van der Waals surface area contributed by atoms with E-state index in [0.717, 1.165) is 25.2 Å². The van der Waals surface area contributed by atoms with E-state index in [2.05, 4.69) is 23.9 Å². The first-order valence-electron chi connectivity index (χ1n) is 6.85. The minimum absolute atomic E-state index is 0.329. The fourth-order valence-corrected chi connectivity index (χ4v) is 2.75. The first-order chi connectivity index (χ1) is 9.10. The number of rotatable bonds is 5. The SMILES string of the molecule is COc1ccc(CN2CCCC2CN(C)C)c(O)c1. The summed E-state index contributed by atoms with van der Waals surface area (Å²) in [5, 5.41) is 10.0. The molecule has 1 aliphatic rings. The molecule has 1 N–H and O–H groups in total. The molecule has 19 heavy (non-hydrogen) atoms. The van der Waals surface area contributed by atoms with Gasteiger partial charge in [-0.05, 0) is 39.5 Å².